The van der Waals surface area contributed by atoms with Gasteiger partial charge in [0.2, 0.25) is 5.91 Å². The van der Waals surface area contributed by atoms with Crippen molar-refractivity contribution in [1.29, 1.82) is 0 Å². The molecule has 1 amide bonds. The van der Waals surface area contributed by atoms with E-state index in [-0.39, 0.29) is 24.2 Å². The van der Waals surface area contributed by atoms with E-state index in [4.69, 9.17) is 0 Å². The summed E-state index contributed by atoms with van der Waals surface area (Å²) in [7, 11) is 0. The molecule has 0 unspecified atom stereocenters. The lowest BCUT2D eigenvalue weighted by molar-refractivity contribution is -0.120. The molecule has 0 saturated carbocycles. The Morgan fingerprint density at radius 2 is 1.86 bits per heavy atom. The third kappa shape index (κ3) is 4.41. The Balaban J connectivity index is 0.00000161. The number of rotatable bonds is 2. The molecule has 0 radical (unpaired) electrons. The minimum atomic E-state index is 0. The van der Waals surface area contributed by atoms with Gasteiger partial charge in [0.25, 0.3) is 0 Å². The molecule has 1 aromatic heterocycles. The van der Waals surface area contributed by atoms with Crippen LogP contribution in [0.5, 0.6) is 0 Å². The molecule has 2 N–H and O–H groups in total. The van der Waals surface area contributed by atoms with E-state index < -0.39 is 0 Å². The fourth-order valence-corrected chi connectivity index (χ4v) is 4.10. The summed E-state index contributed by atoms with van der Waals surface area (Å²) in [5.41, 5.74) is 1.23. The van der Waals surface area contributed by atoms with Gasteiger partial charge >= 0.3 is 0 Å². The molecule has 1 aromatic rings. The number of anilines is 1. The molecular weight excluding hydrogens is 306 g/mol. The maximum Gasteiger partial charge on any atom is 0.229 e. The summed E-state index contributed by atoms with van der Waals surface area (Å²) < 4.78 is 0. The van der Waals surface area contributed by atoms with E-state index in [1.807, 2.05) is 0 Å². The lowest BCUT2D eigenvalue weighted by Crippen LogP contribution is -2.34. The van der Waals surface area contributed by atoms with Gasteiger partial charge in [-0.25, -0.2) is 4.98 Å². The van der Waals surface area contributed by atoms with Crippen molar-refractivity contribution in [1.82, 2.24) is 10.3 Å². The minimum Gasteiger partial charge on any atom is -0.317 e. The van der Waals surface area contributed by atoms with Gasteiger partial charge in [-0.05, 0) is 51.6 Å². The highest BCUT2D eigenvalue weighted by atomic mass is 35.5. The summed E-state index contributed by atoms with van der Waals surface area (Å²) in [6.45, 7) is 1.90. The number of nitrogens with zero attached hydrogens (tertiary/aromatic N) is 1. The maximum atomic E-state index is 12.2. The molecule has 1 aliphatic carbocycles. The second-order valence-corrected chi connectivity index (χ2v) is 6.90. The Hall–Kier alpha value is -0.650. The Morgan fingerprint density at radius 3 is 2.62 bits per heavy atom. The number of carbonyl (C=O) groups excluding carboxylic acids is 1. The number of carbonyl (C=O) groups is 1. The topological polar surface area (TPSA) is 54.0 Å². The van der Waals surface area contributed by atoms with Gasteiger partial charge in [0.15, 0.2) is 5.13 Å². The first-order chi connectivity index (χ1) is 9.83. The third-order valence-electron chi connectivity index (χ3n) is 4.29. The summed E-state index contributed by atoms with van der Waals surface area (Å²) >= 11 is 1.69. The number of hydrogen-bond acceptors (Lipinski definition) is 4. The van der Waals surface area contributed by atoms with Gasteiger partial charge in [-0.15, -0.1) is 23.7 Å². The largest absolute Gasteiger partial charge is 0.317 e. The number of halogens is 1. The molecule has 1 fully saturated rings. The van der Waals surface area contributed by atoms with Crippen LogP contribution in [-0.2, 0) is 17.6 Å². The van der Waals surface area contributed by atoms with Crippen molar-refractivity contribution < 1.29 is 4.79 Å². The van der Waals surface area contributed by atoms with Crippen LogP contribution in [0.15, 0.2) is 0 Å². The number of piperidine rings is 1. The molecule has 3 rings (SSSR count). The molecule has 0 aromatic carbocycles. The van der Waals surface area contributed by atoms with Gasteiger partial charge in [-0.1, -0.05) is 12.8 Å². The third-order valence-corrected chi connectivity index (χ3v) is 5.36. The Morgan fingerprint density at radius 1 is 1.14 bits per heavy atom. The van der Waals surface area contributed by atoms with Crippen molar-refractivity contribution in [2.75, 3.05) is 18.4 Å². The van der Waals surface area contributed by atoms with Gasteiger partial charge in [0, 0.05) is 10.8 Å². The van der Waals surface area contributed by atoms with Crippen LogP contribution in [0.1, 0.15) is 49.1 Å². The number of fused-ring (bicyclic) bond motifs is 1. The van der Waals surface area contributed by atoms with Crippen molar-refractivity contribution in [3.05, 3.63) is 10.6 Å². The molecule has 6 heteroatoms. The first-order valence-electron chi connectivity index (χ1n) is 7.83. The summed E-state index contributed by atoms with van der Waals surface area (Å²) in [6.07, 6.45) is 9.23. The molecule has 118 valence electrons. The van der Waals surface area contributed by atoms with Gasteiger partial charge in [0.05, 0.1) is 5.69 Å². The van der Waals surface area contributed by atoms with E-state index in [1.54, 1.807) is 11.3 Å². The Labute approximate surface area is 136 Å². The standard InChI is InChI=1S/C15H23N3OS.ClH/c19-14(11-7-9-16-10-8-11)18-15-17-12-5-3-1-2-4-6-13(12)20-15;/h11,16H,1-10H2,(H,17,18,19);1H. The predicted octanol–water partition coefficient (Wildman–Crippen LogP) is 3.16. The first-order valence-corrected chi connectivity index (χ1v) is 8.65. The second-order valence-electron chi connectivity index (χ2n) is 5.82. The highest BCUT2D eigenvalue weighted by Crippen LogP contribution is 2.29. The fraction of sp³-hybridized carbons (Fsp3) is 0.733. The molecular formula is C15H24ClN3OS. The van der Waals surface area contributed by atoms with Gasteiger partial charge < -0.3 is 10.6 Å². The molecule has 1 saturated heterocycles. The quantitative estimate of drug-likeness (QED) is 0.876. The van der Waals surface area contributed by atoms with Crippen molar-refractivity contribution in [2.24, 2.45) is 5.92 Å². The second kappa shape index (κ2) is 8.11. The number of aromatic nitrogens is 1. The van der Waals surface area contributed by atoms with Crippen LogP contribution in [0, 0.1) is 5.92 Å². The van der Waals surface area contributed by atoms with Gasteiger partial charge in [-0.3, -0.25) is 4.79 Å². The van der Waals surface area contributed by atoms with Crippen LogP contribution in [-0.4, -0.2) is 24.0 Å². The number of hydrogen-bond donors (Lipinski definition) is 2. The van der Waals surface area contributed by atoms with Gasteiger partial charge in [-0.2, -0.15) is 0 Å². The van der Waals surface area contributed by atoms with E-state index in [9.17, 15) is 4.79 Å². The molecule has 4 nitrogen and oxygen atoms in total. The Kier molecular flexibility index (Phi) is 6.45. The van der Waals surface area contributed by atoms with Crippen molar-refractivity contribution in [3.63, 3.8) is 0 Å². The van der Waals surface area contributed by atoms with Crippen molar-refractivity contribution in [3.8, 4) is 0 Å². The molecule has 2 heterocycles. The lowest BCUT2D eigenvalue weighted by Gasteiger charge is -2.21. The van der Waals surface area contributed by atoms with Crippen molar-refractivity contribution in [2.45, 2.75) is 51.4 Å². The Bertz CT molecular complexity index is 446. The molecule has 2 aliphatic rings. The lowest BCUT2D eigenvalue weighted by atomic mass is 9.97. The summed E-state index contributed by atoms with van der Waals surface area (Å²) in [5, 5.41) is 7.16. The molecule has 0 spiro atoms. The molecule has 0 atom stereocenters. The SMILES string of the molecule is Cl.O=C(Nc1nc2c(s1)CCCCCC2)C1CCNCC1. The zero-order chi connectivity index (χ0) is 13.8. The average molecular weight is 330 g/mol. The van der Waals surface area contributed by atoms with Gasteiger partial charge in [0.1, 0.15) is 0 Å². The van der Waals surface area contributed by atoms with E-state index in [1.165, 1.54) is 36.3 Å². The van der Waals surface area contributed by atoms with E-state index >= 15 is 0 Å². The maximum absolute atomic E-state index is 12.2. The number of nitrogens with one attached hydrogen (secondary N) is 2. The number of aryl methyl sites for hydroxylation is 2. The summed E-state index contributed by atoms with van der Waals surface area (Å²) in [4.78, 5) is 18.3. The van der Waals surface area contributed by atoms with Crippen LogP contribution < -0.4 is 10.6 Å². The highest BCUT2D eigenvalue weighted by Gasteiger charge is 2.22. The number of amides is 1. The average Bonchev–Trinajstić information content (AvgIpc) is 2.81. The highest BCUT2D eigenvalue weighted by molar-refractivity contribution is 7.15. The zero-order valence-electron chi connectivity index (χ0n) is 12.3. The fourth-order valence-electron chi connectivity index (χ4n) is 3.05. The predicted molar refractivity (Wildman–Crippen MR) is 89.5 cm³/mol. The minimum absolute atomic E-state index is 0. The van der Waals surface area contributed by atoms with Crippen LogP contribution in [0.4, 0.5) is 5.13 Å². The van der Waals surface area contributed by atoms with Crippen LogP contribution in [0.25, 0.3) is 0 Å². The van der Waals surface area contributed by atoms with E-state index in [0.717, 1.165) is 43.9 Å². The first kappa shape index (κ1) is 16.7. The van der Waals surface area contributed by atoms with Crippen LogP contribution >= 0.6 is 23.7 Å². The monoisotopic (exact) mass is 329 g/mol. The molecule has 0 bridgehead atoms. The van der Waals surface area contributed by atoms with Crippen molar-refractivity contribution >= 4 is 34.8 Å². The summed E-state index contributed by atoms with van der Waals surface area (Å²) in [6, 6.07) is 0. The summed E-state index contributed by atoms with van der Waals surface area (Å²) in [5.74, 6) is 0.316. The zero-order valence-corrected chi connectivity index (χ0v) is 14.0. The van der Waals surface area contributed by atoms with Crippen LogP contribution in [0.2, 0.25) is 0 Å². The smallest absolute Gasteiger partial charge is 0.229 e. The molecule has 21 heavy (non-hydrogen) atoms. The molecule has 1 aliphatic heterocycles. The van der Waals surface area contributed by atoms with E-state index in [0.29, 0.717) is 0 Å². The van der Waals surface area contributed by atoms with E-state index in [2.05, 4.69) is 15.6 Å². The number of thiazole rings is 1. The normalized spacial score (nSPS) is 19.8. The van der Waals surface area contributed by atoms with Crippen LogP contribution in [0.3, 0.4) is 0 Å².